The molecule has 0 saturated heterocycles. The Morgan fingerprint density at radius 2 is 1.92 bits per heavy atom. The van der Waals surface area contributed by atoms with E-state index in [-0.39, 0.29) is 24.4 Å². The van der Waals surface area contributed by atoms with Crippen LogP contribution in [0.3, 0.4) is 0 Å². The summed E-state index contributed by atoms with van der Waals surface area (Å²) in [5, 5.41) is 6.09. The van der Waals surface area contributed by atoms with Crippen LogP contribution < -0.4 is 10.6 Å². The van der Waals surface area contributed by atoms with Gasteiger partial charge >= 0.3 is 6.09 Å². The maximum atomic E-state index is 12.3. The van der Waals surface area contributed by atoms with E-state index in [1.807, 2.05) is 13.8 Å². The number of amides is 2. The normalized spacial score (nSPS) is 12.7. The Hall–Kier alpha value is -1.27. The number of hydrogen-bond acceptors (Lipinski definition) is 3. The maximum Gasteiger partial charge on any atom is 0.407 e. The highest BCUT2D eigenvalue weighted by molar-refractivity contribution is 9.10. The zero-order valence-corrected chi connectivity index (χ0v) is 16.9. The van der Waals surface area contributed by atoms with Gasteiger partial charge in [-0.05, 0) is 60.8 Å². The van der Waals surface area contributed by atoms with E-state index in [0.29, 0.717) is 15.1 Å². The highest BCUT2D eigenvalue weighted by Crippen LogP contribution is 2.21. The van der Waals surface area contributed by atoms with Crippen LogP contribution in [-0.4, -0.2) is 30.2 Å². The molecule has 0 aromatic heterocycles. The quantitative estimate of drug-likeness (QED) is 0.744. The van der Waals surface area contributed by atoms with Gasteiger partial charge in [0.25, 0.3) is 5.91 Å². The standard InChI is InChI=1S/C17H24BrClN2O3/c1-10(2)14(21-16(23)24-17(3,4)5)9-20-15(22)12-8-11(19)6-7-13(12)18/h6-8,10,14H,9H2,1-5H3,(H,20,22)(H,21,23). The third-order valence-electron chi connectivity index (χ3n) is 3.16. The number of halogens is 2. The Morgan fingerprint density at radius 1 is 1.29 bits per heavy atom. The number of benzene rings is 1. The summed E-state index contributed by atoms with van der Waals surface area (Å²) < 4.78 is 5.91. The van der Waals surface area contributed by atoms with E-state index in [4.69, 9.17) is 16.3 Å². The first-order valence-corrected chi connectivity index (χ1v) is 8.89. The highest BCUT2D eigenvalue weighted by Gasteiger charge is 2.22. The smallest absolute Gasteiger partial charge is 0.407 e. The predicted octanol–water partition coefficient (Wildman–Crippen LogP) is 4.38. The van der Waals surface area contributed by atoms with Gasteiger partial charge in [-0.1, -0.05) is 25.4 Å². The number of nitrogens with one attached hydrogen (secondary N) is 2. The molecule has 1 aromatic rings. The minimum atomic E-state index is -0.569. The van der Waals surface area contributed by atoms with Crippen LogP contribution in [0, 0.1) is 5.92 Å². The van der Waals surface area contributed by atoms with E-state index in [2.05, 4.69) is 26.6 Å². The molecule has 134 valence electrons. The molecule has 1 aromatic carbocycles. The minimum Gasteiger partial charge on any atom is -0.444 e. The van der Waals surface area contributed by atoms with Crippen LogP contribution in [0.25, 0.3) is 0 Å². The van der Waals surface area contributed by atoms with Crippen LogP contribution in [0.2, 0.25) is 5.02 Å². The van der Waals surface area contributed by atoms with Crippen molar-refractivity contribution >= 4 is 39.5 Å². The van der Waals surface area contributed by atoms with Crippen molar-refractivity contribution in [3.05, 3.63) is 33.3 Å². The molecular formula is C17H24BrClN2O3. The lowest BCUT2D eigenvalue weighted by molar-refractivity contribution is 0.0487. The molecule has 0 fully saturated rings. The van der Waals surface area contributed by atoms with Crippen molar-refractivity contribution in [3.63, 3.8) is 0 Å². The van der Waals surface area contributed by atoms with Crippen molar-refractivity contribution in [3.8, 4) is 0 Å². The van der Waals surface area contributed by atoms with Crippen LogP contribution >= 0.6 is 27.5 Å². The number of carbonyl (C=O) groups excluding carboxylic acids is 2. The molecule has 1 rings (SSSR count). The Bertz CT molecular complexity index is 600. The van der Waals surface area contributed by atoms with E-state index in [0.717, 1.165) is 0 Å². The van der Waals surface area contributed by atoms with E-state index < -0.39 is 11.7 Å². The van der Waals surface area contributed by atoms with Crippen LogP contribution in [0.4, 0.5) is 4.79 Å². The number of hydrogen-bond donors (Lipinski definition) is 2. The zero-order chi connectivity index (χ0) is 18.5. The van der Waals surface area contributed by atoms with Crippen molar-refractivity contribution < 1.29 is 14.3 Å². The second-order valence-electron chi connectivity index (χ2n) is 6.83. The third kappa shape index (κ3) is 7.09. The average Bonchev–Trinajstić information content (AvgIpc) is 2.43. The van der Waals surface area contributed by atoms with Gasteiger partial charge in [-0.25, -0.2) is 4.79 Å². The number of alkyl carbamates (subject to hydrolysis) is 1. The van der Waals surface area contributed by atoms with E-state index >= 15 is 0 Å². The molecule has 0 aliphatic carbocycles. The van der Waals surface area contributed by atoms with Crippen molar-refractivity contribution in [1.29, 1.82) is 0 Å². The van der Waals surface area contributed by atoms with Crippen molar-refractivity contribution in [2.24, 2.45) is 5.92 Å². The SMILES string of the molecule is CC(C)C(CNC(=O)c1cc(Cl)ccc1Br)NC(=O)OC(C)(C)C. The molecule has 0 radical (unpaired) electrons. The molecular weight excluding hydrogens is 396 g/mol. The molecule has 5 nitrogen and oxygen atoms in total. The maximum absolute atomic E-state index is 12.3. The lowest BCUT2D eigenvalue weighted by Crippen LogP contribution is -2.48. The molecule has 2 amide bonds. The number of ether oxygens (including phenoxy) is 1. The van der Waals surface area contributed by atoms with Gasteiger partial charge in [0, 0.05) is 16.0 Å². The summed E-state index contributed by atoms with van der Waals surface area (Å²) >= 11 is 9.26. The van der Waals surface area contributed by atoms with Crippen LogP contribution in [0.5, 0.6) is 0 Å². The summed E-state index contributed by atoms with van der Waals surface area (Å²) in [7, 11) is 0. The molecule has 0 heterocycles. The molecule has 24 heavy (non-hydrogen) atoms. The number of rotatable bonds is 5. The van der Waals surface area contributed by atoms with Crippen molar-refractivity contribution in [2.45, 2.75) is 46.3 Å². The van der Waals surface area contributed by atoms with E-state index in [9.17, 15) is 9.59 Å². The first-order valence-electron chi connectivity index (χ1n) is 7.72. The number of carbonyl (C=O) groups is 2. The second kappa shape index (κ2) is 8.72. The Balaban J connectivity index is 2.68. The summed E-state index contributed by atoms with van der Waals surface area (Å²) in [4.78, 5) is 24.2. The van der Waals surface area contributed by atoms with Crippen LogP contribution in [-0.2, 0) is 4.74 Å². The van der Waals surface area contributed by atoms with Crippen molar-refractivity contribution in [2.75, 3.05) is 6.54 Å². The monoisotopic (exact) mass is 418 g/mol. The summed E-state index contributed by atoms with van der Waals surface area (Å²) in [6.07, 6.45) is -0.501. The molecule has 0 aliphatic heterocycles. The average molecular weight is 420 g/mol. The fraction of sp³-hybridized carbons (Fsp3) is 0.529. The molecule has 0 spiro atoms. The fourth-order valence-electron chi connectivity index (χ4n) is 1.88. The molecule has 0 bridgehead atoms. The summed E-state index contributed by atoms with van der Waals surface area (Å²) in [6.45, 7) is 9.61. The summed E-state index contributed by atoms with van der Waals surface area (Å²) in [5.41, 5.74) is -0.122. The van der Waals surface area contributed by atoms with E-state index in [1.165, 1.54) is 0 Å². The van der Waals surface area contributed by atoms with Gasteiger partial charge in [0.2, 0.25) is 0 Å². The second-order valence-corrected chi connectivity index (χ2v) is 8.12. The predicted molar refractivity (Wildman–Crippen MR) is 99.5 cm³/mol. The Kier molecular flexibility index (Phi) is 7.55. The fourth-order valence-corrected chi connectivity index (χ4v) is 2.48. The lowest BCUT2D eigenvalue weighted by Gasteiger charge is -2.26. The zero-order valence-electron chi connectivity index (χ0n) is 14.6. The largest absolute Gasteiger partial charge is 0.444 e. The molecule has 2 N–H and O–H groups in total. The molecule has 1 unspecified atom stereocenters. The van der Waals surface area contributed by atoms with Gasteiger partial charge in [0.1, 0.15) is 5.60 Å². The summed E-state index contributed by atoms with van der Waals surface area (Å²) in [5.74, 6) is -0.137. The molecule has 0 aliphatic rings. The van der Waals surface area contributed by atoms with Gasteiger partial charge in [-0.3, -0.25) is 4.79 Å². The topological polar surface area (TPSA) is 67.4 Å². The third-order valence-corrected chi connectivity index (χ3v) is 4.09. The molecule has 1 atom stereocenters. The first-order chi connectivity index (χ1) is 11.0. The van der Waals surface area contributed by atoms with Gasteiger partial charge < -0.3 is 15.4 Å². The van der Waals surface area contributed by atoms with Crippen LogP contribution in [0.15, 0.2) is 22.7 Å². The first kappa shape index (κ1) is 20.8. The Morgan fingerprint density at radius 3 is 2.46 bits per heavy atom. The van der Waals surface area contributed by atoms with Gasteiger partial charge in [0.15, 0.2) is 0 Å². The molecule has 7 heteroatoms. The lowest BCUT2D eigenvalue weighted by atomic mass is 10.0. The Labute approximate surface area is 156 Å². The minimum absolute atomic E-state index is 0.126. The summed E-state index contributed by atoms with van der Waals surface area (Å²) in [6, 6.07) is 4.76. The van der Waals surface area contributed by atoms with Crippen LogP contribution in [0.1, 0.15) is 45.0 Å². The van der Waals surface area contributed by atoms with Crippen molar-refractivity contribution in [1.82, 2.24) is 10.6 Å². The van der Waals surface area contributed by atoms with Gasteiger partial charge in [0.05, 0.1) is 11.6 Å². The van der Waals surface area contributed by atoms with Gasteiger partial charge in [-0.2, -0.15) is 0 Å². The van der Waals surface area contributed by atoms with Gasteiger partial charge in [-0.15, -0.1) is 0 Å². The highest BCUT2D eigenvalue weighted by atomic mass is 79.9. The van der Waals surface area contributed by atoms with E-state index in [1.54, 1.807) is 39.0 Å². The molecule has 0 saturated carbocycles.